The van der Waals surface area contributed by atoms with E-state index in [0.717, 1.165) is 66.8 Å². The van der Waals surface area contributed by atoms with Gasteiger partial charge in [0.05, 0.1) is 5.69 Å². The molecule has 0 amide bonds. The van der Waals surface area contributed by atoms with Gasteiger partial charge in [0.1, 0.15) is 5.58 Å². The van der Waals surface area contributed by atoms with E-state index in [1.54, 1.807) is 0 Å². The number of hydrogen-bond donors (Lipinski definition) is 0. The fraction of sp³-hybridized carbons (Fsp3) is 0. The van der Waals surface area contributed by atoms with Gasteiger partial charge in [0.2, 0.25) is 0 Å². The molecule has 0 aliphatic rings. The largest absolute Gasteiger partial charge is 0.453 e. The van der Waals surface area contributed by atoms with Gasteiger partial charge in [-0.2, -0.15) is 0 Å². The fourth-order valence-electron chi connectivity index (χ4n) is 9.28. The van der Waals surface area contributed by atoms with E-state index >= 15 is 0 Å². The lowest BCUT2D eigenvalue weighted by atomic mass is 9.94. The van der Waals surface area contributed by atoms with Gasteiger partial charge < -0.3 is 9.32 Å². The molecule has 2 nitrogen and oxygen atoms in total. The van der Waals surface area contributed by atoms with Gasteiger partial charge in [-0.15, -0.1) is 11.3 Å². The molecule has 0 radical (unpaired) electrons. The molecular weight excluding hydrogens is 783 g/mol. The van der Waals surface area contributed by atoms with E-state index in [1.165, 1.54) is 48.0 Å². The Labute approximate surface area is 370 Å². The molecule has 0 unspecified atom stereocenters. The summed E-state index contributed by atoms with van der Waals surface area (Å²) in [6.07, 6.45) is 0. The zero-order valence-electron chi connectivity index (χ0n) is 34.3. The number of furan rings is 1. The molecule has 0 bridgehead atoms. The Balaban J connectivity index is 1.07. The minimum absolute atomic E-state index is 0.839. The smallest absolute Gasteiger partial charge is 0.159 e. The van der Waals surface area contributed by atoms with Crippen LogP contribution in [0.4, 0.5) is 17.1 Å². The van der Waals surface area contributed by atoms with Crippen molar-refractivity contribution in [2.75, 3.05) is 4.90 Å². The Morgan fingerprint density at radius 2 is 0.778 bits per heavy atom. The van der Waals surface area contributed by atoms with E-state index in [4.69, 9.17) is 4.42 Å². The van der Waals surface area contributed by atoms with Crippen LogP contribution in [0.5, 0.6) is 0 Å². The second-order valence-electron chi connectivity index (χ2n) is 16.0. The van der Waals surface area contributed by atoms with Gasteiger partial charge in [-0.1, -0.05) is 194 Å². The van der Waals surface area contributed by atoms with Crippen molar-refractivity contribution in [3.63, 3.8) is 0 Å². The molecule has 0 aliphatic carbocycles. The topological polar surface area (TPSA) is 16.4 Å². The number of para-hydroxylation sites is 1. The first kappa shape index (κ1) is 36.8. The molecule has 12 aromatic rings. The highest BCUT2D eigenvalue weighted by Crippen LogP contribution is 2.48. The molecule has 2 aromatic heterocycles. The summed E-state index contributed by atoms with van der Waals surface area (Å²) in [5.41, 5.74) is 16.4. The molecule has 63 heavy (non-hydrogen) atoms. The van der Waals surface area contributed by atoms with Gasteiger partial charge in [0, 0.05) is 47.9 Å². The maximum atomic E-state index is 7.17. The Hall–Kier alpha value is -7.98. The predicted octanol–water partition coefficient (Wildman–Crippen LogP) is 17.8. The molecule has 0 fully saturated rings. The second kappa shape index (κ2) is 15.5. The lowest BCUT2D eigenvalue weighted by Crippen LogP contribution is -2.10. The minimum atomic E-state index is 0.839. The van der Waals surface area contributed by atoms with Crippen LogP contribution in [0.1, 0.15) is 0 Å². The number of thiophene rings is 1. The number of rotatable bonds is 8. The summed E-state index contributed by atoms with van der Waals surface area (Å²) >= 11 is 1.87. The van der Waals surface area contributed by atoms with Gasteiger partial charge in [0.15, 0.2) is 5.58 Å². The maximum Gasteiger partial charge on any atom is 0.159 e. The zero-order chi connectivity index (χ0) is 41.7. The molecule has 0 aliphatic heterocycles. The number of hydrogen-bond acceptors (Lipinski definition) is 3. The summed E-state index contributed by atoms with van der Waals surface area (Å²) < 4.78 is 9.79. The molecule has 296 valence electrons. The van der Waals surface area contributed by atoms with Gasteiger partial charge in [-0.05, 0) is 92.5 Å². The highest BCUT2D eigenvalue weighted by atomic mass is 32.1. The van der Waals surface area contributed by atoms with Crippen LogP contribution in [0.15, 0.2) is 241 Å². The van der Waals surface area contributed by atoms with Gasteiger partial charge in [-0.25, -0.2) is 0 Å². The monoisotopic (exact) mass is 821 g/mol. The van der Waals surface area contributed by atoms with E-state index < -0.39 is 0 Å². The van der Waals surface area contributed by atoms with Crippen LogP contribution >= 0.6 is 11.3 Å². The van der Waals surface area contributed by atoms with Crippen molar-refractivity contribution < 1.29 is 4.42 Å². The first-order valence-corrected chi connectivity index (χ1v) is 22.2. The van der Waals surface area contributed by atoms with Crippen molar-refractivity contribution in [1.29, 1.82) is 0 Å². The molecule has 10 aromatic carbocycles. The summed E-state index contributed by atoms with van der Waals surface area (Å²) in [7, 11) is 0. The van der Waals surface area contributed by atoms with E-state index in [9.17, 15) is 0 Å². The van der Waals surface area contributed by atoms with Gasteiger partial charge >= 0.3 is 0 Å². The van der Waals surface area contributed by atoms with E-state index in [-0.39, 0.29) is 0 Å². The molecule has 0 saturated heterocycles. The number of anilines is 3. The van der Waals surface area contributed by atoms with Crippen molar-refractivity contribution in [2.45, 2.75) is 0 Å². The fourth-order valence-corrected chi connectivity index (χ4v) is 10.5. The van der Waals surface area contributed by atoms with Crippen LogP contribution in [-0.2, 0) is 0 Å². The predicted molar refractivity (Wildman–Crippen MR) is 268 cm³/mol. The van der Waals surface area contributed by atoms with Gasteiger partial charge in [-0.3, -0.25) is 0 Å². The van der Waals surface area contributed by atoms with Crippen LogP contribution in [-0.4, -0.2) is 0 Å². The number of nitrogens with zero attached hydrogens (tertiary/aromatic N) is 1. The average molecular weight is 822 g/mol. The van der Waals surface area contributed by atoms with Crippen molar-refractivity contribution in [1.82, 2.24) is 0 Å². The van der Waals surface area contributed by atoms with Crippen molar-refractivity contribution >= 4 is 70.5 Å². The molecule has 0 spiro atoms. The summed E-state index contributed by atoms with van der Waals surface area (Å²) in [6, 6.07) is 85.1. The number of fused-ring (bicyclic) bond motifs is 6. The zero-order valence-corrected chi connectivity index (χ0v) is 35.1. The molecule has 0 saturated carbocycles. The molecule has 0 atom stereocenters. The highest BCUT2D eigenvalue weighted by Gasteiger charge is 2.23. The summed E-state index contributed by atoms with van der Waals surface area (Å²) in [5.74, 6) is 0. The normalized spacial score (nSPS) is 11.5. The SMILES string of the molecule is c1ccc(-c2cc(N(c3ccc(-c4ccccc4-c4ccccc4)cc3)c3ccc(-c4cccc5c4sc4ccccc45)cc3)c3oc4c(-c5ccccc5)cccc4c3c2)cc1. The van der Waals surface area contributed by atoms with Crippen LogP contribution < -0.4 is 4.90 Å². The lowest BCUT2D eigenvalue weighted by molar-refractivity contribution is 0.670. The highest BCUT2D eigenvalue weighted by molar-refractivity contribution is 7.26. The second-order valence-corrected chi connectivity index (χ2v) is 17.1. The molecular formula is C60H39NOS. The quantitative estimate of drug-likeness (QED) is 0.152. The average Bonchev–Trinajstić information content (AvgIpc) is 3.94. The summed E-state index contributed by atoms with van der Waals surface area (Å²) in [5, 5.41) is 4.77. The van der Waals surface area contributed by atoms with E-state index in [2.05, 4.69) is 241 Å². The van der Waals surface area contributed by atoms with Crippen LogP contribution in [0.25, 0.3) is 97.7 Å². The maximum absolute atomic E-state index is 7.17. The Kier molecular flexibility index (Phi) is 9.06. The molecule has 2 heterocycles. The summed E-state index contributed by atoms with van der Waals surface area (Å²) in [6.45, 7) is 0. The number of benzene rings is 10. The first-order chi connectivity index (χ1) is 31.2. The van der Waals surface area contributed by atoms with Crippen LogP contribution in [0, 0.1) is 0 Å². The summed E-state index contributed by atoms with van der Waals surface area (Å²) in [4.78, 5) is 2.37. The van der Waals surface area contributed by atoms with Crippen molar-refractivity contribution in [3.05, 3.63) is 237 Å². The Morgan fingerprint density at radius 3 is 1.43 bits per heavy atom. The standard InChI is InChI=1S/C60H39NOS/c1-4-16-40(17-5-1)45-38-55-53-27-14-25-50(42-20-8-3-9-21-42)58(53)62-59(55)56(39-45)61(46-34-30-43(31-35-46)49-23-11-10-22-48(49)41-18-6-2-7-19-41)47-36-32-44(33-37-47)51-26-15-28-54-52-24-12-13-29-57(52)63-60(51)54/h1-39H. The van der Waals surface area contributed by atoms with E-state index in [0.29, 0.717) is 0 Å². The lowest BCUT2D eigenvalue weighted by Gasteiger charge is -2.27. The minimum Gasteiger partial charge on any atom is -0.453 e. The molecule has 12 rings (SSSR count). The van der Waals surface area contributed by atoms with Gasteiger partial charge in [0.25, 0.3) is 0 Å². The molecule has 3 heteroatoms. The van der Waals surface area contributed by atoms with Crippen molar-refractivity contribution in [2.24, 2.45) is 0 Å². The van der Waals surface area contributed by atoms with Crippen LogP contribution in [0.2, 0.25) is 0 Å². The third kappa shape index (κ3) is 6.50. The third-order valence-corrected chi connectivity index (χ3v) is 13.5. The van der Waals surface area contributed by atoms with Crippen LogP contribution in [0.3, 0.4) is 0 Å². The Morgan fingerprint density at radius 1 is 0.302 bits per heavy atom. The first-order valence-electron chi connectivity index (χ1n) is 21.4. The third-order valence-electron chi connectivity index (χ3n) is 12.3. The Bertz CT molecular complexity index is 3590. The molecule has 0 N–H and O–H groups in total. The van der Waals surface area contributed by atoms with Crippen molar-refractivity contribution in [3.8, 4) is 55.6 Å². The van der Waals surface area contributed by atoms with E-state index in [1.807, 2.05) is 11.3 Å².